The molecule has 0 N–H and O–H groups in total. The van der Waals surface area contributed by atoms with Crippen LogP contribution in [0.15, 0.2) is 164 Å². The van der Waals surface area contributed by atoms with Crippen molar-refractivity contribution in [2.75, 3.05) is 4.90 Å². The average Bonchev–Trinajstić information content (AvgIpc) is 3.73. The fourth-order valence-electron chi connectivity index (χ4n) is 10.8. The van der Waals surface area contributed by atoms with Gasteiger partial charge < -0.3 is 18.8 Å². The first-order valence-electron chi connectivity index (χ1n) is 18.8. The Bertz CT molecular complexity index is 3340. The number of benzene rings is 8. The molecule has 6 heteroatoms. The highest BCUT2D eigenvalue weighted by Crippen LogP contribution is 2.44. The minimum Gasteiger partial charge on any atom is -0.458 e. The summed E-state index contributed by atoms with van der Waals surface area (Å²) in [5.41, 5.74) is 19.0. The summed E-state index contributed by atoms with van der Waals surface area (Å²) in [6.07, 6.45) is 0. The molecule has 0 fully saturated rings. The van der Waals surface area contributed by atoms with Crippen molar-refractivity contribution in [3.63, 3.8) is 0 Å². The molecule has 0 bridgehead atoms. The van der Waals surface area contributed by atoms with Crippen molar-refractivity contribution >= 4 is 107 Å². The molecule has 0 amide bonds. The second-order valence-corrected chi connectivity index (χ2v) is 15.2. The standard InChI is InChI=1S/C48H27B2N3O/c1-2-12-28(13-3-1)51-37-20-6-4-16-33(37)49-35-18-8-14-29-31-26-32-30-15-9-19-36-48(30)53(40-23-11-25-44-46(40)50(36)34-17-5-7-24-43(34)54-44)42(32)27-41(31)52(47(29)35)39-22-10-21-38(51)45(39)49/h1-27H. The summed E-state index contributed by atoms with van der Waals surface area (Å²) in [6, 6.07) is 60.7. The number of rotatable bonds is 1. The highest BCUT2D eigenvalue weighted by Gasteiger charge is 2.43. The lowest BCUT2D eigenvalue weighted by Gasteiger charge is -2.40. The van der Waals surface area contributed by atoms with Gasteiger partial charge in [-0.25, -0.2) is 0 Å². The molecule has 54 heavy (non-hydrogen) atoms. The van der Waals surface area contributed by atoms with Gasteiger partial charge in [0, 0.05) is 61.0 Å². The Morgan fingerprint density at radius 1 is 0.370 bits per heavy atom. The van der Waals surface area contributed by atoms with Gasteiger partial charge in [-0.1, -0.05) is 103 Å². The van der Waals surface area contributed by atoms with Crippen LogP contribution in [-0.4, -0.2) is 22.6 Å². The maximum absolute atomic E-state index is 6.61. The van der Waals surface area contributed by atoms with Gasteiger partial charge in [-0.2, -0.15) is 0 Å². The molecule has 10 aromatic rings. The third kappa shape index (κ3) is 3.14. The summed E-state index contributed by atoms with van der Waals surface area (Å²) in [5.74, 6) is 1.89. The maximum atomic E-state index is 6.61. The number of ether oxygens (including phenoxy) is 1. The normalized spacial score (nSPS) is 14.0. The lowest BCUT2D eigenvalue weighted by Crippen LogP contribution is -2.60. The van der Waals surface area contributed by atoms with Gasteiger partial charge in [0.25, 0.3) is 13.4 Å². The van der Waals surface area contributed by atoms with Gasteiger partial charge in [-0.05, 0) is 93.4 Å². The van der Waals surface area contributed by atoms with Crippen molar-refractivity contribution in [1.29, 1.82) is 0 Å². The van der Waals surface area contributed by atoms with Gasteiger partial charge >= 0.3 is 0 Å². The molecule has 4 nitrogen and oxygen atoms in total. The summed E-state index contributed by atoms with van der Waals surface area (Å²) < 4.78 is 11.7. The monoisotopic (exact) mass is 683 g/mol. The van der Waals surface area contributed by atoms with E-state index in [4.69, 9.17) is 4.74 Å². The van der Waals surface area contributed by atoms with E-state index in [1.165, 1.54) is 105 Å². The molecule has 0 atom stereocenters. The predicted octanol–water partition coefficient (Wildman–Crippen LogP) is 7.43. The Labute approximate surface area is 311 Å². The second-order valence-electron chi connectivity index (χ2n) is 15.2. The van der Waals surface area contributed by atoms with Crippen LogP contribution in [0, 0.1) is 0 Å². The molecule has 2 aromatic heterocycles. The number of nitrogens with zero attached hydrogens (tertiary/aromatic N) is 3. The Balaban J connectivity index is 1.12. The fraction of sp³-hybridized carbons (Fsp3) is 0. The van der Waals surface area contributed by atoms with Gasteiger partial charge in [0.1, 0.15) is 11.5 Å². The molecule has 246 valence electrons. The summed E-state index contributed by atoms with van der Waals surface area (Å²) in [4.78, 5) is 2.46. The number of hydrogen-bond donors (Lipinski definition) is 0. The van der Waals surface area contributed by atoms with Gasteiger partial charge in [0.15, 0.2) is 0 Å². The lowest BCUT2D eigenvalue weighted by molar-refractivity contribution is 0.487. The van der Waals surface area contributed by atoms with Crippen LogP contribution in [0.25, 0.3) is 55.0 Å². The van der Waals surface area contributed by atoms with Crippen molar-refractivity contribution in [3.8, 4) is 22.9 Å². The number of hydrogen-bond acceptors (Lipinski definition) is 2. The molecular formula is C48H27B2N3O. The van der Waals surface area contributed by atoms with Crippen molar-refractivity contribution < 1.29 is 4.74 Å². The predicted molar refractivity (Wildman–Crippen MR) is 226 cm³/mol. The Hall–Kier alpha value is -6.91. The molecule has 0 saturated heterocycles. The van der Waals surface area contributed by atoms with Crippen LogP contribution >= 0.6 is 0 Å². The zero-order valence-corrected chi connectivity index (χ0v) is 29.0. The molecule has 0 unspecified atom stereocenters. The first kappa shape index (κ1) is 27.7. The number of fused-ring (bicyclic) bond motifs is 14. The molecule has 0 spiro atoms. The van der Waals surface area contributed by atoms with Crippen molar-refractivity contribution in [2.45, 2.75) is 0 Å². The molecule has 4 aliphatic heterocycles. The van der Waals surface area contributed by atoms with Crippen LogP contribution in [0.3, 0.4) is 0 Å². The molecule has 0 aliphatic carbocycles. The van der Waals surface area contributed by atoms with E-state index in [2.05, 4.69) is 178 Å². The molecule has 8 aromatic carbocycles. The second kappa shape index (κ2) is 9.54. The Morgan fingerprint density at radius 2 is 0.907 bits per heavy atom. The molecule has 6 heterocycles. The van der Waals surface area contributed by atoms with Crippen LogP contribution in [0.5, 0.6) is 11.5 Å². The highest BCUT2D eigenvalue weighted by molar-refractivity contribution is 7.00. The van der Waals surface area contributed by atoms with Gasteiger partial charge in [0.05, 0.1) is 11.0 Å². The van der Waals surface area contributed by atoms with E-state index in [9.17, 15) is 0 Å². The van der Waals surface area contributed by atoms with E-state index in [0.29, 0.717) is 0 Å². The van der Waals surface area contributed by atoms with Crippen molar-refractivity contribution in [2.24, 2.45) is 0 Å². The first-order chi connectivity index (χ1) is 26.8. The highest BCUT2D eigenvalue weighted by atomic mass is 16.5. The van der Waals surface area contributed by atoms with E-state index in [1.54, 1.807) is 0 Å². The quantitative estimate of drug-likeness (QED) is 0.168. The van der Waals surface area contributed by atoms with E-state index in [-0.39, 0.29) is 13.4 Å². The molecule has 14 rings (SSSR count). The number of para-hydroxylation sites is 5. The zero-order chi connectivity index (χ0) is 34.8. The molecule has 4 aliphatic rings. The summed E-state index contributed by atoms with van der Waals surface area (Å²) >= 11 is 0. The van der Waals surface area contributed by atoms with Crippen LogP contribution in [0.2, 0.25) is 0 Å². The number of anilines is 3. The van der Waals surface area contributed by atoms with E-state index in [1.807, 2.05) is 0 Å². The summed E-state index contributed by atoms with van der Waals surface area (Å²) in [6.45, 7) is 0.239. The van der Waals surface area contributed by atoms with E-state index in [0.717, 1.165) is 11.5 Å². The topological polar surface area (TPSA) is 22.3 Å². The van der Waals surface area contributed by atoms with Crippen LogP contribution in [0.4, 0.5) is 17.1 Å². The van der Waals surface area contributed by atoms with E-state index >= 15 is 0 Å². The summed E-state index contributed by atoms with van der Waals surface area (Å²) in [5, 5.41) is 5.17. The Morgan fingerprint density at radius 3 is 1.67 bits per heavy atom. The molecule has 0 radical (unpaired) electrons. The maximum Gasteiger partial charge on any atom is 0.256 e. The largest absolute Gasteiger partial charge is 0.458 e. The summed E-state index contributed by atoms with van der Waals surface area (Å²) in [7, 11) is 0. The Kier molecular flexibility index (Phi) is 4.90. The minimum absolute atomic E-state index is 0.113. The van der Waals surface area contributed by atoms with Gasteiger partial charge in [0.2, 0.25) is 0 Å². The minimum atomic E-state index is 0.113. The van der Waals surface area contributed by atoms with Crippen LogP contribution < -0.4 is 42.4 Å². The zero-order valence-electron chi connectivity index (χ0n) is 29.0. The third-order valence-corrected chi connectivity index (χ3v) is 12.7. The fourth-order valence-corrected chi connectivity index (χ4v) is 10.8. The molecular weight excluding hydrogens is 656 g/mol. The third-order valence-electron chi connectivity index (χ3n) is 12.7. The van der Waals surface area contributed by atoms with Gasteiger partial charge in [-0.3, -0.25) is 0 Å². The van der Waals surface area contributed by atoms with Crippen molar-refractivity contribution in [3.05, 3.63) is 164 Å². The lowest BCUT2D eigenvalue weighted by atomic mass is 9.34. The average molecular weight is 683 g/mol. The number of aromatic nitrogens is 2. The SMILES string of the molecule is c1ccc(N2c3ccccc3B3c4c2cccc4-n2c4cc5c(cc4c4cccc3c42)c2cccc3c2n5-c2cccc4c2B3c2ccccc2O4)cc1. The van der Waals surface area contributed by atoms with Crippen molar-refractivity contribution in [1.82, 2.24) is 9.13 Å². The van der Waals surface area contributed by atoms with Crippen LogP contribution in [-0.2, 0) is 0 Å². The van der Waals surface area contributed by atoms with Crippen LogP contribution in [0.1, 0.15) is 0 Å². The first-order valence-corrected chi connectivity index (χ1v) is 18.8. The molecule has 0 saturated carbocycles. The van der Waals surface area contributed by atoms with Gasteiger partial charge in [-0.15, -0.1) is 0 Å². The van der Waals surface area contributed by atoms with E-state index < -0.39 is 0 Å². The smallest absolute Gasteiger partial charge is 0.256 e.